The number of furan rings is 1. The summed E-state index contributed by atoms with van der Waals surface area (Å²) in [6, 6.07) is 20.7. The van der Waals surface area contributed by atoms with Crippen LogP contribution in [0.15, 0.2) is 77.0 Å². The summed E-state index contributed by atoms with van der Waals surface area (Å²) in [6.45, 7) is 14.2. The van der Waals surface area contributed by atoms with Crippen molar-refractivity contribution in [2.45, 2.75) is 74.1 Å². The zero-order valence-corrected chi connectivity index (χ0v) is 29.5. The van der Waals surface area contributed by atoms with Crippen molar-refractivity contribution in [2.24, 2.45) is 10.8 Å². The second kappa shape index (κ2) is 13.4. The Bertz CT molecular complexity index is 2000. The molecule has 4 aromatic carbocycles. The summed E-state index contributed by atoms with van der Waals surface area (Å²) in [5.41, 5.74) is 3.49. The summed E-state index contributed by atoms with van der Waals surface area (Å²) in [7, 11) is 0. The Balaban J connectivity index is 0.000000226. The number of allylic oxidation sites excluding steroid dienone is 2. The van der Waals surface area contributed by atoms with Gasteiger partial charge in [0.25, 0.3) is 0 Å². The molecule has 6 aromatic rings. The molecule has 237 valence electrons. The third-order valence-electron chi connectivity index (χ3n) is 9.95. The van der Waals surface area contributed by atoms with Gasteiger partial charge in [-0.2, -0.15) is 0 Å². The predicted molar refractivity (Wildman–Crippen MR) is 180 cm³/mol. The number of aliphatic hydroxyl groups excluding tert-OH is 1. The van der Waals surface area contributed by atoms with E-state index in [-0.39, 0.29) is 48.3 Å². The van der Waals surface area contributed by atoms with Gasteiger partial charge in [-0.3, -0.25) is 9.78 Å². The molecule has 2 aromatic heterocycles. The van der Waals surface area contributed by atoms with Gasteiger partial charge < -0.3 is 9.52 Å². The molecule has 0 saturated heterocycles. The summed E-state index contributed by atoms with van der Waals surface area (Å²) in [5, 5.41) is 15.4. The third kappa shape index (κ3) is 6.15. The number of hydrogen-bond acceptors (Lipinski definition) is 4. The van der Waals surface area contributed by atoms with Crippen LogP contribution in [-0.2, 0) is 24.9 Å². The number of nitrogens with zero attached hydrogens (tertiary/aromatic N) is 1. The summed E-state index contributed by atoms with van der Waals surface area (Å²) in [6.07, 6.45) is 6.48. The van der Waals surface area contributed by atoms with E-state index < -0.39 is 0 Å². The number of ketones is 1. The van der Waals surface area contributed by atoms with Gasteiger partial charge in [-0.15, -0.1) is 29.1 Å². The number of halogens is 1. The molecular weight excluding hydrogens is 742 g/mol. The van der Waals surface area contributed by atoms with E-state index in [9.17, 15) is 14.3 Å². The van der Waals surface area contributed by atoms with E-state index in [2.05, 4.69) is 30.1 Å². The van der Waals surface area contributed by atoms with Gasteiger partial charge in [0.15, 0.2) is 11.4 Å². The van der Waals surface area contributed by atoms with Crippen LogP contribution in [0.5, 0.6) is 0 Å². The maximum atomic E-state index is 14.9. The van der Waals surface area contributed by atoms with Crippen LogP contribution in [0.2, 0.25) is 0 Å². The number of pyridine rings is 1. The average molecular weight is 783 g/mol. The van der Waals surface area contributed by atoms with Gasteiger partial charge in [-0.25, -0.2) is 4.39 Å². The van der Waals surface area contributed by atoms with E-state index in [0.717, 1.165) is 69.4 Å². The Morgan fingerprint density at radius 1 is 0.889 bits per heavy atom. The van der Waals surface area contributed by atoms with E-state index in [4.69, 9.17) is 4.42 Å². The Labute approximate surface area is 278 Å². The standard InChI is InChI=1S/C24H13FNO.C15H28O2.Ir/c1-13-9-15(10-14-5-2-3-6-16(13)14)24-18-11-19(25)17-7-4-8-20-22(17)23(18)21(27-20)12-26-24;1-7-14(5,8-2)12(16)11-13(17)15(6,9-3)10-4;/h2-9,11-12H,1H3;11,16H,7-10H2,1-6H3;/q-1;;/b;12-11-;. The van der Waals surface area contributed by atoms with Crippen molar-refractivity contribution in [2.75, 3.05) is 0 Å². The minimum atomic E-state index is -0.337. The SMILES string of the molecule is CCC(C)(CC)C(=O)/C=C(\O)C(C)(CC)CC.Cc1cc(-c2ncc3oc4cccc5c(F)cc2c3c45)[c-]c2ccccc12.[Ir]. The van der Waals surface area contributed by atoms with Gasteiger partial charge in [-0.05, 0) is 43.2 Å². The van der Waals surface area contributed by atoms with Gasteiger partial charge in [-0.1, -0.05) is 89.7 Å². The van der Waals surface area contributed by atoms with Crippen LogP contribution in [0.1, 0.15) is 72.8 Å². The number of aromatic nitrogens is 1. The fourth-order valence-corrected chi connectivity index (χ4v) is 5.82. The summed E-state index contributed by atoms with van der Waals surface area (Å²) < 4.78 is 20.8. The van der Waals surface area contributed by atoms with E-state index >= 15 is 0 Å². The smallest absolute Gasteiger partial charge is 0.164 e. The van der Waals surface area contributed by atoms with Crippen molar-refractivity contribution in [3.05, 3.63) is 90.1 Å². The quantitative estimate of drug-likeness (QED) is 0.0723. The maximum Gasteiger partial charge on any atom is 0.164 e. The summed E-state index contributed by atoms with van der Waals surface area (Å²) in [5.74, 6) is 0.0244. The molecule has 0 aliphatic carbocycles. The molecule has 6 heteroatoms. The summed E-state index contributed by atoms with van der Waals surface area (Å²) in [4.78, 5) is 16.8. The summed E-state index contributed by atoms with van der Waals surface area (Å²) >= 11 is 0. The van der Waals surface area contributed by atoms with E-state index in [0.29, 0.717) is 16.6 Å². The molecule has 4 nitrogen and oxygen atoms in total. The molecule has 1 radical (unpaired) electrons. The number of benzene rings is 4. The van der Waals surface area contributed by atoms with Crippen molar-refractivity contribution in [3.8, 4) is 11.3 Å². The van der Waals surface area contributed by atoms with Gasteiger partial charge in [0.1, 0.15) is 17.2 Å². The molecule has 0 aliphatic heterocycles. The molecule has 0 amide bonds. The third-order valence-corrected chi connectivity index (χ3v) is 9.95. The van der Waals surface area contributed by atoms with Crippen molar-refractivity contribution in [1.82, 2.24) is 4.98 Å². The van der Waals surface area contributed by atoms with Crippen molar-refractivity contribution in [3.63, 3.8) is 0 Å². The second-order valence-electron chi connectivity index (χ2n) is 12.4. The number of rotatable bonds is 8. The molecule has 0 fully saturated rings. The fourth-order valence-electron chi connectivity index (χ4n) is 5.82. The Kier molecular flexibility index (Phi) is 10.2. The average Bonchev–Trinajstić information content (AvgIpc) is 3.43. The number of carbonyl (C=O) groups is 1. The number of aryl methyl sites for hydroxylation is 1. The van der Waals surface area contributed by atoms with Crippen molar-refractivity contribution < 1.29 is 38.8 Å². The molecule has 0 atom stereocenters. The van der Waals surface area contributed by atoms with Gasteiger partial charge >= 0.3 is 0 Å². The van der Waals surface area contributed by atoms with E-state index in [1.165, 1.54) is 6.08 Å². The van der Waals surface area contributed by atoms with Crippen LogP contribution in [0.3, 0.4) is 0 Å². The van der Waals surface area contributed by atoms with Crippen LogP contribution in [0.25, 0.3) is 54.7 Å². The van der Waals surface area contributed by atoms with E-state index in [1.807, 2.05) is 71.9 Å². The topological polar surface area (TPSA) is 63.3 Å². The zero-order valence-electron chi connectivity index (χ0n) is 27.1. The van der Waals surface area contributed by atoms with Gasteiger partial charge in [0.2, 0.25) is 0 Å². The first kappa shape index (κ1) is 34.3. The van der Waals surface area contributed by atoms with Gasteiger partial charge in [0, 0.05) is 58.9 Å². The minimum absolute atomic E-state index is 0. The van der Waals surface area contributed by atoms with Crippen LogP contribution in [0.4, 0.5) is 4.39 Å². The molecule has 0 bridgehead atoms. The van der Waals surface area contributed by atoms with Crippen LogP contribution in [-0.4, -0.2) is 15.9 Å². The first-order chi connectivity index (χ1) is 21.0. The largest absolute Gasteiger partial charge is 0.512 e. The molecule has 45 heavy (non-hydrogen) atoms. The van der Waals surface area contributed by atoms with Crippen LogP contribution >= 0.6 is 0 Å². The number of aliphatic hydroxyl groups is 1. The number of fused-ring (bicyclic) bond motifs is 1. The normalized spacial score (nSPS) is 12.5. The second-order valence-corrected chi connectivity index (χ2v) is 12.4. The van der Waals surface area contributed by atoms with Crippen LogP contribution < -0.4 is 0 Å². The molecule has 0 unspecified atom stereocenters. The van der Waals surface area contributed by atoms with Crippen molar-refractivity contribution >= 4 is 49.3 Å². The predicted octanol–water partition coefficient (Wildman–Crippen LogP) is 11.3. The molecule has 0 saturated carbocycles. The minimum Gasteiger partial charge on any atom is -0.512 e. The number of carbonyl (C=O) groups excluding carboxylic acids is 1. The van der Waals surface area contributed by atoms with Gasteiger partial charge in [0.05, 0.1) is 6.20 Å². The molecular formula is C39H41FIrNO3-. The fraction of sp³-hybridized carbons (Fsp3) is 0.333. The monoisotopic (exact) mass is 783 g/mol. The molecule has 2 heterocycles. The number of hydrogen-bond donors (Lipinski definition) is 1. The van der Waals surface area contributed by atoms with E-state index in [1.54, 1.807) is 18.3 Å². The zero-order chi connectivity index (χ0) is 31.8. The molecule has 0 aliphatic rings. The molecule has 1 N–H and O–H groups in total. The maximum absolute atomic E-state index is 14.9. The first-order valence-corrected chi connectivity index (χ1v) is 15.6. The molecule has 6 rings (SSSR count). The Morgan fingerprint density at radius 3 is 2.18 bits per heavy atom. The Morgan fingerprint density at radius 2 is 1.51 bits per heavy atom. The molecule has 0 spiro atoms. The van der Waals surface area contributed by atoms with Crippen molar-refractivity contribution in [1.29, 1.82) is 0 Å². The first-order valence-electron chi connectivity index (χ1n) is 15.6. The van der Waals surface area contributed by atoms with Crippen LogP contribution in [0, 0.1) is 29.6 Å². The Hall–Kier alpha value is -3.60.